The van der Waals surface area contributed by atoms with Crippen molar-refractivity contribution in [2.24, 2.45) is 5.92 Å². The van der Waals surface area contributed by atoms with Gasteiger partial charge in [-0.15, -0.1) is 23.2 Å². The second-order valence-corrected chi connectivity index (χ2v) is 7.76. The van der Waals surface area contributed by atoms with E-state index in [4.69, 9.17) is 23.2 Å². The first-order valence-electron chi connectivity index (χ1n) is 5.72. The molecule has 2 unspecified atom stereocenters. The number of halogens is 2. The van der Waals surface area contributed by atoms with E-state index in [-0.39, 0.29) is 11.8 Å². The summed E-state index contributed by atoms with van der Waals surface area (Å²) in [6.45, 7) is 0. The lowest BCUT2D eigenvalue weighted by molar-refractivity contribution is 0.562. The molecular weight excluding hydrogens is 307 g/mol. The van der Waals surface area contributed by atoms with Gasteiger partial charge in [0.15, 0.2) is 9.84 Å². The zero-order valence-corrected chi connectivity index (χ0v) is 12.6. The molecule has 0 aliphatic carbocycles. The van der Waals surface area contributed by atoms with Crippen LogP contribution in [-0.2, 0) is 16.3 Å². The summed E-state index contributed by atoms with van der Waals surface area (Å²) >= 11 is 11.8. The van der Waals surface area contributed by atoms with E-state index < -0.39 is 14.5 Å². The number of sulfone groups is 1. The van der Waals surface area contributed by atoms with Crippen molar-refractivity contribution in [3.8, 4) is 0 Å². The lowest BCUT2D eigenvalue weighted by atomic mass is 10.0. The molecular formula is C12H14Cl2N2O2S. The first-order chi connectivity index (χ1) is 8.91. The minimum atomic E-state index is -3.31. The van der Waals surface area contributed by atoms with E-state index in [0.29, 0.717) is 6.42 Å². The molecule has 2 rings (SSSR count). The molecule has 1 N–H and O–H groups in total. The van der Waals surface area contributed by atoms with Crippen LogP contribution < -0.4 is 0 Å². The van der Waals surface area contributed by atoms with Crippen LogP contribution in [0.25, 0.3) is 11.0 Å². The summed E-state index contributed by atoms with van der Waals surface area (Å²) in [6, 6.07) is 5.73. The number of aromatic nitrogens is 2. The van der Waals surface area contributed by atoms with Gasteiger partial charge in [-0.25, -0.2) is 13.4 Å². The fourth-order valence-corrected chi connectivity index (χ4v) is 3.53. The Morgan fingerprint density at radius 2 is 2.16 bits per heavy atom. The summed E-state index contributed by atoms with van der Waals surface area (Å²) in [5.41, 5.74) is 2.77. The average Bonchev–Trinajstić information content (AvgIpc) is 2.81. The summed E-state index contributed by atoms with van der Waals surface area (Å²) in [7, 11) is -3.31. The van der Waals surface area contributed by atoms with Gasteiger partial charge in [-0.1, -0.05) is 6.07 Å². The van der Waals surface area contributed by atoms with Crippen LogP contribution in [0.3, 0.4) is 0 Å². The first kappa shape index (κ1) is 14.6. The number of hydrogen-bond donors (Lipinski definition) is 1. The number of H-pyrrole nitrogens is 1. The summed E-state index contributed by atoms with van der Waals surface area (Å²) in [4.78, 5) is 7.15. The molecule has 0 bridgehead atoms. The van der Waals surface area contributed by atoms with Crippen molar-refractivity contribution in [3.05, 3.63) is 30.1 Å². The second-order valence-electron chi connectivity index (χ2n) is 4.55. The van der Waals surface area contributed by atoms with Crippen molar-refractivity contribution in [1.82, 2.24) is 9.97 Å². The highest BCUT2D eigenvalue weighted by Crippen LogP contribution is 2.24. The number of benzene rings is 1. The maximum absolute atomic E-state index is 11.5. The molecule has 2 aromatic rings. The van der Waals surface area contributed by atoms with Gasteiger partial charge in [-0.2, -0.15) is 0 Å². The zero-order chi connectivity index (χ0) is 14.0. The third-order valence-electron chi connectivity index (χ3n) is 2.96. The topological polar surface area (TPSA) is 62.8 Å². The lowest BCUT2D eigenvalue weighted by Crippen LogP contribution is -2.26. The Labute approximate surface area is 122 Å². The highest BCUT2D eigenvalue weighted by atomic mass is 35.5. The molecule has 0 aliphatic heterocycles. The van der Waals surface area contributed by atoms with Crippen LogP contribution in [0.1, 0.15) is 5.56 Å². The van der Waals surface area contributed by atoms with Crippen molar-refractivity contribution in [2.75, 3.05) is 12.1 Å². The number of nitrogens with zero attached hydrogens (tertiary/aromatic N) is 1. The molecule has 0 spiro atoms. The smallest absolute Gasteiger partial charge is 0.164 e. The molecule has 0 aliphatic rings. The maximum Gasteiger partial charge on any atom is 0.164 e. The minimum absolute atomic E-state index is 0.197. The Morgan fingerprint density at radius 3 is 2.79 bits per heavy atom. The van der Waals surface area contributed by atoms with Gasteiger partial charge in [0, 0.05) is 18.1 Å². The van der Waals surface area contributed by atoms with Crippen LogP contribution in [0.4, 0.5) is 0 Å². The largest absolute Gasteiger partial charge is 0.345 e. The van der Waals surface area contributed by atoms with Gasteiger partial charge in [0.1, 0.15) is 4.71 Å². The molecule has 0 radical (unpaired) electrons. The van der Waals surface area contributed by atoms with Gasteiger partial charge in [-0.05, 0) is 24.1 Å². The highest BCUT2D eigenvalue weighted by Gasteiger charge is 2.27. The van der Waals surface area contributed by atoms with Gasteiger partial charge >= 0.3 is 0 Å². The van der Waals surface area contributed by atoms with E-state index >= 15 is 0 Å². The molecule has 0 saturated carbocycles. The monoisotopic (exact) mass is 320 g/mol. The predicted octanol–water partition coefficient (Wildman–Crippen LogP) is 2.57. The second kappa shape index (κ2) is 5.69. The number of fused-ring (bicyclic) bond motifs is 1. The number of rotatable bonds is 5. The van der Waals surface area contributed by atoms with Crippen LogP contribution in [-0.4, -0.2) is 35.2 Å². The molecule has 1 heterocycles. The van der Waals surface area contributed by atoms with Crippen molar-refractivity contribution in [2.45, 2.75) is 11.1 Å². The molecule has 104 valence electrons. The summed E-state index contributed by atoms with van der Waals surface area (Å²) in [5.74, 6) is -0.124. The van der Waals surface area contributed by atoms with E-state index in [1.165, 1.54) is 0 Å². The molecule has 0 amide bonds. The van der Waals surface area contributed by atoms with Crippen molar-refractivity contribution in [1.29, 1.82) is 0 Å². The molecule has 2 atom stereocenters. The van der Waals surface area contributed by atoms with E-state index in [1.807, 2.05) is 18.2 Å². The molecule has 0 saturated heterocycles. The van der Waals surface area contributed by atoms with Gasteiger partial charge in [0.25, 0.3) is 0 Å². The van der Waals surface area contributed by atoms with Crippen LogP contribution >= 0.6 is 23.2 Å². The Balaban J connectivity index is 2.22. The fraction of sp³-hybridized carbons (Fsp3) is 0.417. The van der Waals surface area contributed by atoms with E-state index in [2.05, 4.69) is 9.97 Å². The summed E-state index contributed by atoms with van der Waals surface area (Å²) in [5, 5.41) is 0. The fourth-order valence-electron chi connectivity index (χ4n) is 1.98. The number of imidazole rings is 1. The van der Waals surface area contributed by atoms with Gasteiger partial charge in [0.05, 0.1) is 17.4 Å². The SMILES string of the molecule is CS(=O)(=O)C(Cl)C(CCl)Cc1ccc2nc[nH]c2c1. The van der Waals surface area contributed by atoms with Crippen LogP contribution in [0.2, 0.25) is 0 Å². The minimum Gasteiger partial charge on any atom is -0.345 e. The normalized spacial score (nSPS) is 15.5. The lowest BCUT2D eigenvalue weighted by Gasteiger charge is -2.18. The van der Waals surface area contributed by atoms with Gasteiger partial charge < -0.3 is 4.98 Å². The zero-order valence-electron chi connectivity index (χ0n) is 10.3. The standard InChI is InChI=1S/C12H14Cl2N2O2S/c1-19(17,18)12(14)9(6-13)4-8-2-3-10-11(5-8)16-7-15-10/h2-3,5,7,9,12H,4,6H2,1H3,(H,15,16). The Bertz CT molecular complexity index is 669. The molecule has 19 heavy (non-hydrogen) atoms. The number of alkyl halides is 2. The Hall–Kier alpha value is -0.780. The van der Waals surface area contributed by atoms with Crippen LogP contribution in [0.15, 0.2) is 24.5 Å². The molecule has 1 aromatic heterocycles. The highest BCUT2D eigenvalue weighted by molar-refractivity contribution is 7.92. The van der Waals surface area contributed by atoms with Gasteiger partial charge in [-0.3, -0.25) is 0 Å². The van der Waals surface area contributed by atoms with Crippen LogP contribution in [0.5, 0.6) is 0 Å². The van der Waals surface area contributed by atoms with E-state index in [1.54, 1.807) is 6.33 Å². The van der Waals surface area contributed by atoms with E-state index in [0.717, 1.165) is 22.9 Å². The molecule has 0 fully saturated rings. The van der Waals surface area contributed by atoms with Crippen molar-refractivity contribution in [3.63, 3.8) is 0 Å². The number of nitrogens with one attached hydrogen (secondary N) is 1. The third-order valence-corrected chi connectivity index (χ3v) is 5.89. The Kier molecular flexibility index (Phi) is 4.38. The first-order valence-corrected chi connectivity index (χ1v) is 8.65. The van der Waals surface area contributed by atoms with Crippen molar-refractivity contribution < 1.29 is 8.42 Å². The van der Waals surface area contributed by atoms with Crippen LogP contribution in [0, 0.1) is 5.92 Å². The predicted molar refractivity (Wildman–Crippen MR) is 78.5 cm³/mol. The summed E-state index contributed by atoms with van der Waals surface area (Å²) in [6.07, 6.45) is 3.26. The Morgan fingerprint density at radius 1 is 1.42 bits per heavy atom. The average molecular weight is 321 g/mol. The quantitative estimate of drug-likeness (QED) is 0.861. The van der Waals surface area contributed by atoms with Crippen molar-refractivity contribution >= 4 is 44.1 Å². The summed E-state index contributed by atoms with van der Waals surface area (Å²) < 4.78 is 22.0. The number of aromatic amines is 1. The van der Waals surface area contributed by atoms with Gasteiger partial charge in [0.2, 0.25) is 0 Å². The molecule has 1 aromatic carbocycles. The third kappa shape index (κ3) is 3.41. The maximum atomic E-state index is 11.5. The molecule has 7 heteroatoms. The van der Waals surface area contributed by atoms with E-state index in [9.17, 15) is 8.42 Å². The molecule has 4 nitrogen and oxygen atoms in total. The number of hydrogen-bond acceptors (Lipinski definition) is 3.